The van der Waals surface area contributed by atoms with Crippen molar-refractivity contribution < 1.29 is 13.2 Å². The molecule has 0 aliphatic carbocycles. The van der Waals surface area contributed by atoms with Gasteiger partial charge < -0.3 is 10.5 Å². The Morgan fingerprint density at radius 1 is 1.11 bits per heavy atom. The topological polar surface area (TPSA) is 87.2 Å². The van der Waals surface area contributed by atoms with E-state index in [-0.39, 0.29) is 12.3 Å². The summed E-state index contributed by atoms with van der Waals surface area (Å²) in [6, 6.07) is 13.6. The standard InChI is InChI=1S/C18H17Cl2N3O3S/c1-27(24,25)11-12-2-5-15(6-3-12)26-18-9-14(10-21)22-23(18)17-7-4-13(19)8-16(17)20/h2-9H,10-11,21H2,1H3. The first-order chi connectivity index (χ1) is 12.7. The van der Waals surface area contributed by atoms with Crippen LogP contribution in [0.15, 0.2) is 48.5 Å². The van der Waals surface area contributed by atoms with Crippen molar-refractivity contribution in [3.8, 4) is 17.3 Å². The molecule has 2 aromatic carbocycles. The first-order valence-electron chi connectivity index (χ1n) is 7.94. The van der Waals surface area contributed by atoms with Crippen molar-refractivity contribution in [3.05, 3.63) is 69.8 Å². The fourth-order valence-corrected chi connectivity index (χ4v) is 3.77. The third kappa shape index (κ3) is 5.01. The maximum atomic E-state index is 11.4. The Labute approximate surface area is 167 Å². The largest absolute Gasteiger partial charge is 0.439 e. The van der Waals surface area contributed by atoms with E-state index < -0.39 is 9.84 Å². The molecule has 0 fully saturated rings. The number of ether oxygens (including phenoxy) is 1. The summed E-state index contributed by atoms with van der Waals surface area (Å²) in [5.41, 5.74) is 7.61. The van der Waals surface area contributed by atoms with E-state index in [0.717, 1.165) is 0 Å². The monoisotopic (exact) mass is 425 g/mol. The Balaban J connectivity index is 1.92. The van der Waals surface area contributed by atoms with Gasteiger partial charge in [-0.1, -0.05) is 35.3 Å². The lowest BCUT2D eigenvalue weighted by Crippen LogP contribution is -2.03. The number of nitrogens with two attached hydrogens (primary N) is 1. The fourth-order valence-electron chi connectivity index (χ4n) is 2.49. The molecule has 0 aliphatic rings. The summed E-state index contributed by atoms with van der Waals surface area (Å²) in [4.78, 5) is 0. The highest BCUT2D eigenvalue weighted by atomic mass is 35.5. The Hall–Kier alpha value is -2.06. The molecule has 0 atom stereocenters. The van der Waals surface area contributed by atoms with Crippen LogP contribution >= 0.6 is 23.2 Å². The first-order valence-corrected chi connectivity index (χ1v) is 10.8. The lowest BCUT2D eigenvalue weighted by atomic mass is 10.2. The van der Waals surface area contributed by atoms with Crippen molar-refractivity contribution in [2.45, 2.75) is 12.3 Å². The quantitative estimate of drug-likeness (QED) is 0.645. The van der Waals surface area contributed by atoms with Crippen LogP contribution in [0.3, 0.4) is 0 Å². The molecule has 0 aliphatic heterocycles. The molecule has 0 radical (unpaired) electrons. The molecule has 3 aromatic rings. The van der Waals surface area contributed by atoms with Crippen molar-refractivity contribution in [1.82, 2.24) is 9.78 Å². The van der Waals surface area contributed by atoms with Crippen LogP contribution in [0.2, 0.25) is 10.0 Å². The molecule has 3 rings (SSSR count). The van der Waals surface area contributed by atoms with Crippen molar-refractivity contribution >= 4 is 33.0 Å². The fraction of sp³-hybridized carbons (Fsp3) is 0.167. The second-order valence-corrected chi connectivity index (χ2v) is 8.99. The lowest BCUT2D eigenvalue weighted by Gasteiger charge is -2.11. The number of hydrogen-bond acceptors (Lipinski definition) is 5. The van der Waals surface area contributed by atoms with Crippen molar-refractivity contribution in [2.75, 3.05) is 6.26 Å². The second kappa shape index (κ2) is 7.90. The highest BCUT2D eigenvalue weighted by Crippen LogP contribution is 2.30. The molecule has 0 amide bonds. The molecule has 27 heavy (non-hydrogen) atoms. The van der Waals surface area contributed by atoms with Gasteiger partial charge in [-0.3, -0.25) is 0 Å². The van der Waals surface area contributed by atoms with Crippen LogP contribution in [0.5, 0.6) is 11.6 Å². The zero-order valence-electron chi connectivity index (χ0n) is 14.4. The Kier molecular flexibility index (Phi) is 5.76. The molecule has 0 spiro atoms. The summed E-state index contributed by atoms with van der Waals surface area (Å²) in [6.45, 7) is 0.238. The van der Waals surface area contributed by atoms with Crippen LogP contribution in [0, 0.1) is 0 Å². The molecule has 0 unspecified atom stereocenters. The van der Waals surface area contributed by atoms with E-state index in [1.807, 2.05) is 0 Å². The van der Waals surface area contributed by atoms with E-state index in [1.54, 1.807) is 53.2 Å². The Bertz CT molecular complexity index is 1060. The number of benzene rings is 2. The summed E-state index contributed by atoms with van der Waals surface area (Å²) in [7, 11) is -3.09. The number of aromatic nitrogens is 2. The van der Waals surface area contributed by atoms with E-state index in [4.69, 9.17) is 33.7 Å². The maximum Gasteiger partial charge on any atom is 0.222 e. The minimum Gasteiger partial charge on any atom is -0.439 e. The van der Waals surface area contributed by atoms with Gasteiger partial charge in [0.15, 0.2) is 9.84 Å². The number of nitrogens with zero attached hydrogens (tertiary/aromatic N) is 2. The molecule has 1 heterocycles. The number of halogens is 2. The Morgan fingerprint density at radius 2 is 1.81 bits per heavy atom. The van der Waals surface area contributed by atoms with Crippen LogP contribution in [0.4, 0.5) is 0 Å². The van der Waals surface area contributed by atoms with E-state index in [0.29, 0.717) is 38.6 Å². The van der Waals surface area contributed by atoms with Gasteiger partial charge in [0.05, 0.1) is 22.2 Å². The highest BCUT2D eigenvalue weighted by Gasteiger charge is 2.14. The third-order valence-electron chi connectivity index (χ3n) is 3.65. The van der Waals surface area contributed by atoms with Gasteiger partial charge in [0.25, 0.3) is 0 Å². The summed E-state index contributed by atoms with van der Waals surface area (Å²) >= 11 is 12.2. The van der Waals surface area contributed by atoms with E-state index in [9.17, 15) is 8.42 Å². The molecule has 1 aromatic heterocycles. The summed E-state index contributed by atoms with van der Waals surface area (Å²) in [5, 5.41) is 5.34. The van der Waals surface area contributed by atoms with Crippen molar-refractivity contribution in [1.29, 1.82) is 0 Å². The molecule has 0 saturated carbocycles. The first kappa shape index (κ1) is 19.7. The van der Waals surface area contributed by atoms with Gasteiger partial charge in [-0.05, 0) is 35.9 Å². The van der Waals surface area contributed by atoms with E-state index in [1.165, 1.54) is 6.26 Å². The summed E-state index contributed by atoms with van der Waals surface area (Å²) in [5.74, 6) is 0.931. The number of sulfone groups is 1. The van der Waals surface area contributed by atoms with Crippen LogP contribution in [-0.2, 0) is 22.1 Å². The molecule has 142 valence electrons. The summed E-state index contributed by atoms with van der Waals surface area (Å²) < 4.78 is 30.3. The van der Waals surface area contributed by atoms with Gasteiger partial charge in [-0.25, -0.2) is 8.42 Å². The molecular formula is C18H17Cl2N3O3S. The molecule has 6 nitrogen and oxygen atoms in total. The van der Waals surface area contributed by atoms with Crippen LogP contribution in [0.1, 0.15) is 11.3 Å². The molecule has 2 N–H and O–H groups in total. The van der Waals surface area contributed by atoms with Gasteiger partial charge in [-0.15, -0.1) is 0 Å². The smallest absolute Gasteiger partial charge is 0.222 e. The van der Waals surface area contributed by atoms with Gasteiger partial charge in [0, 0.05) is 23.9 Å². The minimum absolute atomic E-state index is 0.0249. The van der Waals surface area contributed by atoms with E-state index >= 15 is 0 Å². The second-order valence-electron chi connectivity index (χ2n) is 6.00. The van der Waals surface area contributed by atoms with Crippen molar-refractivity contribution in [3.63, 3.8) is 0 Å². The minimum atomic E-state index is -3.09. The van der Waals surface area contributed by atoms with Crippen LogP contribution < -0.4 is 10.5 Å². The van der Waals surface area contributed by atoms with Crippen LogP contribution in [0.25, 0.3) is 5.69 Å². The Morgan fingerprint density at radius 3 is 2.41 bits per heavy atom. The van der Waals surface area contributed by atoms with Gasteiger partial charge in [0.1, 0.15) is 5.75 Å². The highest BCUT2D eigenvalue weighted by molar-refractivity contribution is 7.89. The molecule has 9 heteroatoms. The molecule has 0 bridgehead atoms. The van der Waals surface area contributed by atoms with Gasteiger partial charge in [0.2, 0.25) is 5.88 Å². The van der Waals surface area contributed by atoms with Gasteiger partial charge in [-0.2, -0.15) is 9.78 Å². The molecular weight excluding hydrogens is 409 g/mol. The lowest BCUT2D eigenvalue weighted by molar-refractivity contribution is 0.444. The average molecular weight is 426 g/mol. The normalized spacial score (nSPS) is 11.6. The summed E-state index contributed by atoms with van der Waals surface area (Å²) in [6.07, 6.45) is 1.19. The average Bonchev–Trinajstić information content (AvgIpc) is 2.98. The maximum absolute atomic E-state index is 11.4. The zero-order chi connectivity index (χ0) is 19.6. The predicted octanol–water partition coefficient (Wildman–Crippen LogP) is 3.97. The van der Waals surface area contributed by atoms with Gasteiger partial charge >= 0.3 is 0 Å². The zero-order valence-corrected chi connectivity index (χ0v) is 16.7. The van der Waals surface area contributed by atoms with E-state index in [2.05, 4.69) is 5.10 Å². The van der Waals surface area contributed by atoms with Crippen molar-refractivity contribution in [2.24, 2.45) is 5.73 Å². The number of hydrogen-bond donors (Lipinski definition) is 1. The van der Waals surface area contributed by atoms with Crippen LogP contribution in [-0.4, -0.2) is 24.5 Å². The SMILES string of the molecule is CS(=O)(=O)Cc1ccc(Oc2cc(CN)nn2-c2ccc(Cl)cc2Cl)cc1. The predicted molar refractivity (Wildman–Crippen MR) is 107 cm³/mol. The number of rotatable bonds is 6. The third-order valence-corrected chi connectivity index (χ3v) is 5.04. The molecule has 0 saturated heterocycles.